The van der Waals surface area contributed by atoms with Crippen molar-refractivity contribution in [2.24, 2.45) is 11.3 Å². The van der Waals surface area contributed by atoms with Crippen LogP contribution in [0.5, 0.6) is 0 Å². The minimum Gasteiger partial charge on any atom is -0.314 e. The van der Waals surface area contributed by atoms with Gasteiger partial charge in [-0.25, -0.2) is 0 Å². The van der Waals surface area contributed by atoms with Crippen molar-refractivity contribution in [3.63, 3.8) is 0 Å². The van der Waals surface area contributed by atoms with Crippen LogP contribution in [0.2, 0.25) is 0 Å². The van der Waals surface area contributed by atoms with Crippen molar-refractivity contribution in [1.82, 2.24) is 10.2 Å². The minimum atomic E-state index is 0.528. The zero-order valence-electron chi connectivity index (χ0n) is 13.8. The first kappa shape index (κ1) is 15.5. The standard InChI is InChI=1S/C18H30N2S/c1-4-19-16-5-8-18(2,3)11-15(16)13-20-9-6-17-14(12-20)7-10-21-17/h7,10,15-16,19H,4-6,8-9,11-13H2,1-3H3. The Bertz CT molecular complexity index is 466. The predicted octanol–water partition coefficient (Wildman–Crippen LogP) is 3.91. The van der Waals surface area contributed by atoms with Crippen molar-refractivity contribution < 1.29 is 0 Å². The average Bonchev–Trinajstić information content (AvgIpc) is 2.89. The van der Waals surface area contributed by atoms with Gasteiger partial charge in [0, 0.05) is 30.6 Å². The second-order valence-electron chi connectivity index (χ2n) is 7.69. The Morgan fingerprint density at radius 3 is 3.10 bits per heavy atom. The summed E-state index contributed by atoms with van der Waals surface area (Å²) in [7, 11) is 0. The SMILES string of the molecule is CCNC1CCC(C)(C)CC1CN1CCc2sccc2C1. The maximum absolute atomic E-state index is 3.75. The molecule has 1 aromatic heterocycles. The molecule has 1 fully saturated rings. The van der Waals surface area contributed by atoms with Gasteiger partial charge in [0.1, 0.15) is 0 Å². The van der Waals surface area contributed by atoms with E-state index in [1.165, 1.54) is 45.3 Å². The molecule has 1 aromatic rings. The fraction of sp³-hybridized carbons (Fsp3) is 0.778. The van der Waals surface area contributed by atoms with Gasteiger partial charge in [0.2, 0.25) is 0 Å². The summed E-state index contributed by atoms with van der Waals surface area (Å²) in [5.74, 6) is 0.814. The van der Waals surface area contributed by atoms with Crippen molar-refractivity contribution in [3.05, 3.63) is 21.9 Å². The summed E-state index contributed by atoms with van der Waals surface area (Å²) in [5.41, 5.74) is 2.11. The van der Waals surface area contributed by atoms with E-state index < -0.39 is 0 Å². The largest absolute Gasteiger partial charge is 0.314 e. The average molecular weight is 307 g/mol. The lowest BCUT2D eigenvalue weighted by atomic mass is 9.69. The molecule has 0 spiro atoms. The van der Waals surface area contributed by atoms with E-state index in [1.54, 1.807) is 10.4 Å². The van der Waals surface area contributed by atoms with Gasteiger partial charge in [-0.3, -0.25) is 4.90 Å². The van der Waals surface area contributed by atoms with Gasteiger partial charge < -0.3 is 5.32 Å². The highest BCUT2D eigenvalue weighted by atomic mass is 32.1. The van der Waals surface area contributed by atoms with E-state index in [0.29, 0.717) is 5.41 Å². The molecule has 2 unspecified atom stereocenters. The first-order valence-electron chi connectivity index (χ1n) is 8.58. The fourth-order valence-electron chi connectivity index (χ4n) is 4.25. The topological polar surface area (TPSA) is 15.3 Å². The van der Waals surface area contributed by atoms with Crippen molar-refractivity contribution >= 4 is 11.3 Å². The molecule has 2 atom stereocenters. The van der Waals surface area contributed by atoms with Gasteiger partial charge in [-0.2, -0.15) is 0 Å². The third kappa shape index (κ3) is 3.69. The Hall–Kier alpha value is -0.380. The van der Waals surface area contributed by atoms with Crippen molar-refractivity contribution in [1.29, 1.82) is 0 Å². The quantitative estimate of drug-likeness (QED) is 0.907. The summed E-state index contributed by atoms with van der Waals surface area (Å²) < 4.78 is 0. The predicted molar refractivity (Wildman–Crippen MR) is 91.9 cm³/mol. The lowest BCUT2D eigenvalue weighted by Crippen LogP contribution is -2.48. The van der Waals surface area contributed by atoms with Crippen molar-refractivity contribution in [2.45, 2.75) is 59.0 Å². The van der Waals surface area contributed by atoms with Crippen LogP contribution in [0, 0.1) is 11.3 Å². The smallest absolute Gasteiger partial charge is 0.0245 e. The molecule has 2 nitrogen and oxygen atoms in total. The zero-order chi connectivity index (χ0) is 14.9. The van der Waals surface area contributed by atoms with Gasteiger partial charge in [0.05, 0.1) is 0 Å². The molecule has 2 heterocycles. The van der Waals surface area contributed by atoms with E-state index in [2.05, 4.69) is 42.4 Å². The first-order valence-corrected chi connectivity index (χ1v) is 9.46. The van der Waals surface area contributed by atoms with Crippen LogP contribution in [0.4, 0.5) is 0 Å². The maximum atomic E-state index is 3.75. The first-order chi connectivity index (χ1) is 10.1. The number of fused-ring (bicyclic) bond motifs is 1. The molecule has 0 radical (unpaired) electrons. The van der Waals surface area contributed by atoms with Crippen molar-refractivity contribution in [2.75, 3.05) is 19.6 Å². The fourth-order valence-corrected chi connectivity index (χ4v) is 5.14. The lowest BCUT2D eigenvalue weighted by molar-refractivity contribution is 0.0957. The number of nitrogens with zero attached hydrogens (tertiary/aromatic N) is 1. The highest BCUT2D eigenvalue weighted by Crippen LogP contribution is 2.39. The van der Waals surface area contributed by atoms with E-state index >= 15 is 0 Å². The molecular weight excluding hydrogens is 276 g/mol. The van der Waals surface area contributed by atoms with E-state index in [4.69, 9.17) is 0 Å². The van der Waals surface area contributed by atoms with Crippen LogP contribution >= 0.6 is 11.3 Å². The monoisotopic (exact) mass is 306 g/mol. The van der Waals surface area contributed by atoms with Crippen molar-refractivity contribution in [3.8, 4) is 0 Å². The van der Waals surface area contributed by atoms with Crippen LogP contribution in [0.3, 0.4) is 0 Å². The highest BCUT2D eigenvalue weighted by Gasteiger charge is 2.35. The van der Waals surface area contributed by atoms with Crippen LogP contribution in [0.1, 0.15) is 50.5 Å². The number of rotatable bonds is 4. The van der Waals surface area contributed by atoms with Gasteiger partial charge in [-0.1, -0.05) is 20.8 Å². The molecule has 0 amide bonds. The van der Waals surface area contributed by atoms with Crippen LogP contribution in [-0.2, 0) is 13.0 Å². The van der Waals surface area contributed by atoms with Gasteiger partial charge in [0.15, 0.2) is 0 Å². The molecular formula is C18H30N2S. The second kappa shape index (κ2) is 6.39. The summed E-state index contributed by atoms with van der Waals surface area (Å²) in [6.45, 7) is 12.0. The molecule has 1 aliphatic heterocycles. The molecule has 118 valence electrons. The Morgan fingerprint density at radius 2 is 2.29 bits per heavy atom. The summed E-state index contributed by atoms with van der Waals surface area (Å²) in [5, 5.41) is 6.01. The third-order valence-corrected chi connectivity index (χ3v) is 6.38. The summed E-state index contributed by atoms with van der Waals surface area (Å²) >= 11 is 1.94. The molecule has 0 bridgehead atoms. The van der Waals surface area contributed by atoms with Crippen LogP contribution in [0.15, 0.2) is 11.4 Å². The molecule has 0 aromatic carbocycles. The maximum Gasteiger partial charge on any atom is 0.0245 e. The molecule has 0 saturated heterocycles. The van der Waals surface area contributed by atoms with Crippen LogP contribution < -0.4 is 5.32 Å². The number of hydrogen-bond acceptors (Lipinski definition) is 3. The van der Waals surface area contributed by atoms with Gasteiger partial charge in [-0.05, 0) is 60.6 Å². The van der Waals surface area contributed by atoms with Crippen LogP contribution in [-0.4, -0.2) is 30.6 Å². The molecule has 2 aliphatic rings. The molecule has 3 rings (SSSR count). The number of nitrogens with one attached hydrogen (secondary N) is 1. The lowest BCUT2D eigenvalue weighted by Gasteiger charge is -2.43. The van der Waals surface area contributed by atoms with Crippen LogP contribution in [0.25, 0.3) is 0 Å². The summed E-state index contributed by atoms with van der Waals surface area (Å²) in [4.78, 5) is 4.32. The zero-order valence-corrected chi connectivity index (χ0v) is 14.6. The second-order valence-corrected chi connectivity index (χ2v) is 8.69. The van der Waals surface area contributed by atoms with Gasteiger partial charge in [-0.15, -0.1) is 11.3 Å². The normalized spacial score (nSPS) is 29.3. The van der Waals surface area contributed by atoms with E-state index in [9.17, 15) is 0 Å². The van der Waals surface area contributed by atoms with E-state index in [-0.39, 0.29) is 0 Å². The Labute approximate surface area is 133 Å². The number of thiophene rings is 1. The Morgan fingerprint density at radius 1 is 1.43 bits per heavy atom. The van der Waals surface area contributed by atoms with Gasteiger partial charge >= 0.3 is 0 Å². The molecule has 1 aliphatic carbocycles. The Kier molecular flexibility index (Phi) is 4.72. The van der Waals surface area contributed by atoms with E-state index in [0.717, 1.165) is 18.5 Å². The minimum absolute atomic E-state index is 0.528. The summed E-state index contributed by atoms with van der Waals surface area (Å²) in [6, 6.07) is 3.06. The van der Waals surface area contributed by atoms with Gasteiger partial charge in [0.25, 0.3) is 0 Å². The molecule has 3 heteroatoms. The number of hydrogen-bond donors (Lipinski definition) is 1. The third-order valence-electron chi connectivity index (χ3n) is 5.36. The molecule has 1 N–H and O–H groups in total. The summed E-state index contributed by atoms with van der Waals surface area (Å²) in [6.07, 6.45) is 5.35. The highest BCUT2D eigenvalue weighted by molar-refractivity contribution is 7.10. The van der Waals surface area contributed by atoms with E-state index in [1.807, 2.05) is 11.3 Å². The Balaban J connectivity index is 1.64. The molecule has 1 saturated carbocycles. The molecule has 21 heavy (non-hydrogen) atoms.